The Morgan fingerprint density at radius 2 is 1.82 bits per heavy atom. The number of hydrogen-bond donors (Lipinski definition) is 2. The second kappa shape index (κ2) is 10.7. The third-order valence-corrected chi connectivity index (χ3v) is 4.94. The molecule has 2 N–H and O–H groups in total. The number of pyridine rings is 2. The molecule has 9 nitrogen and oxygen atoms in total. The summed E-state index contributed by atoms with van der Waals surface area (Å²) in [4.78, 5) is 28.4. The van der Waals surface area contributed by atoms with Gasteiger partial charge in [0.25, 0.3) is 0 Å². The molecule has 2 aromatic carbocycles. The molecule has 2 heterocycles. The van der Waals surface area contributed by atoms with Crippen molar-refractivity contribution in [2.45, 2.75) is 13.5 Å². The summed E-state index contributed by atoms with van der Waals surface area (Å²) in [5.41, 5.74) is 4.15. The van der Waals surface area contributed by atoms with E-state index in [0.29, 0.717) is 0 Å². The second-order valence-electron chi connectivity index (χ2n) is 6.91. The molecule has 33 heavy (non-hydrogen) atoms. The third kappa shape index (κ3) is 5.40. The molecule has 0 atom stereocenters. The maximum Gasteiger partial charge on any atom is 0.358 e. The number of rotatable bonds is 6. The summed E-state index contributed by atoms with van der Waals surface area (Å²) in [6.07, 6.45) is 3.33. The van der Waals surface area contributed by atoms with E-state index in [-0.39, 0.29) is 18.1 Å². The number of aromatic nitrogens is 2. The minimum Gasteiger partial charge on any atom is -0.497 e. The van der Waals surface area contributed by atoms with Crippen LogP contribution in [-0.2, 0) is 6.61 Å². The van der Waals surface area contributed by atoms with Gasteiger partial charge in [-0.3, -0.25) is 4.98 Å². The van der Waals surface area contributed by atoms with E-state index in [2.05, 4.69) is 9.97 Å². The van der Waals surface area contributed by atoms with Crippen molar-refractivity contribution in [1.82, 2.24) is 9.97 Å². The summed E-state index contributed by atoms with van der Waals surface area (Å²) in [7, 11) is 1.61. The van der Waals surface area contributed by atoms with Gasteiger partial charge in [-0.1, -0.05) is 24.3 Å². The van der Waals surface area contributed by atoms with Gasteiger partial charge >= 0.3 is 5.97 Å². The summed E-state index contributed by atoms with van der Waals surface area (Å²) in [5.74, 6) is -0.116. The van der Waals surface area contributed by atoms with Gasteiger partial charge in [-0.15, -0.1) is 4.91 Å². The third-order valence-electron chi connectivity index (χ3n) is 4.94. The molecule has 0 aliphatic rings. The Kier molecular flexibility index (Phi) is 7.48. The van der Waals surface area contributed by atoms with Gasteiger partial charge in [-0.05, 0) is 48.4 Å². The summed E-state index contributed by atoms with van der Waals surface area (Å²) < 4.78 is 11.1. The first-order valence-corrected chi connectivity index (χ1v) is 9.79. The number of carboxylic acids is 1. The van der Waals surface area contributed by atoms with Crippen molar-refractivity contribution in [3.8, 4) is 22.6 Å². The van der Waals surface area contributed by atoms with Gasteiger partial charge in [0.05, 0.1) is 12.6 Å². The largest absolute Gasteiger partial charge is 0.497 e. The minimum atomic E-state index is -1.13. The zero-order chi connectivity index (χ0) is 23.8. The number of fused-ring (bicyclic) bond motifs is 1. The van der Waals surface area contributed by atoms with E-state index in [1.54, 1.807) is 19.5 Å². The molecule has 0 spiro atoms. The number of carboxylic acid groups (broad SMARTS) is 1. The van der Waals surface area contributed by atoms with Gasteiger partial charge in [0.2, 0.25) is 0 Å². The lowest BCUT2D eigenvalue weighted by Crippen LogP contribution is -2.08. The molecular weight excluding hydrogens is 426 g/mol. The fourth-order valence-corrected chi connectivity index (χ4v) is 3.32. The van der Waals surface area contributed by atoms with E-state index in [0.717, 1.165) is 38.9 Å². The van der Waals surface area contributed by atoms with Crippen molar-refractivity contribution < 1.29 is 24.6 Å². The monoisotopic (exact) mass is 447 g/mol. The standard InChI is InChI=1S/C24H20N2O4.HNO2/c1-15-20(17-7-10-21-18(12-17)4-3-11-25-21)13-26-22(24(27)28)23(15)30-14-16-5-8-19(29-2)9-6-16;2-1-3/h3-13H,14H2,1-2H3,(H,27,28);(H,2,3). The average Bonchev–Trinajstić information content (AvgIpc) is 2.83. The molecule has 0 fully saturated rings. The predicted octanol–water partition coefficient (Wildman–Crippen LogP) is 5.03. The van der Waals surface area contributed by atoms with Crippen LogP contribution >= 0.6 is 0 Å². The maximum atomic E-state index is 11.7. The quantitative estimate of drug-likeness (QED) is 0.311. The normalized spacial score (nSPS) is 10.1. The Morgan fingerprint density at radius 3 is 2.48 bits per heavy atom. The van der Waals surface area contributed by atoms with Crippen LogP contribution in [0.1, 0.15) is 21.6 Å². The molecule has 0 bridgehead atoms. The highest BCUT2D eigenvalue weighted by Crippen LogP contribution is 2.33. The van der Waals surface area contributed by atoms with Crippen LogP contribution in [0.2, 0.25) is 0 Å². The highest BCUT2D eigenvalue weighted by Gasteiger charge is 2.19. The molecule has 9 heteroatoms. The Balaban J connectivity index is 0.000000968. The lowest BCUT2D eigenvalue weighted by atomic mass is 9.99. The lowest BCUT2D eigenvalue weighted by molar-refractivity contribution is 0.0684. The molecule has 0 radical (unpaired) electrons. The average molecular weight is 447 g/mol. The van der Waals surface area contributed by atoms with Gasteiger partial charge in [0.1, 0.15) is 12.4 Å². The van der Waals surface area contributed by atoms with Gasteiger partial charge in [0, 0.05) is 28.9 Å². The van der Waals surface area contributed by atoms with Crippen molar-refractivity contribution in [2.24, 2.45) is 5.34 Å². The van der Waals surface area contributed by atoms with Gasteiger partial charge in [0.15, 0.2) is 16.8 Å². The lowest BCUT2D eigenvalue weighted by Gasteiger charge is -2.15. The molecule has 168 valence electrons. The fraction of sp³-hybridized carbons (Fsp3) is 0.125. The number of methoxy groups -OCH3 is 1. The van der Waals surface area contributed by atoms with Crippen LogP contribution < -0.4 is 9.47 Å². The molecule has 0 saturated carbocycles. The second-order valence-corrected chi connectivity index (χ2v) is 6.91. The van der Waals surface area contributed by atoms with Crippen LogP contribution in [-0.4, -0.2) is 33.4 Å². The number of carbonyl (C=O) groups is 1. The Bertz CT molecular complexity index is 1280. The topological polar surface area (TPSA) is 131 Å². The Morgan fingerprint density at radius 1 is 1.09 bits per heavy atom. The number of aromatic carboxylic acids is 1. The number of nitrogens with zero attached hydrogens (tertiary/aromatic N) is 3. The molecule has 0 amide bonds. The van der Waals surface area contributed by atoms with E-state index in [9.17, 15) is 9.90 Å². The van der Waals surface area contributed by atoms with Crippen molar-refractivity contribution in [2.75, 3.05) is 7.11 Å². The van der Waals surface area contributed by atoms with Gasteiger partial charge in [-0.2, -0.15) is 0 Å². The van der Waals surface area contributed by atoms with Crippen LogP contribution in [0.4, 0.5) is 0 Å². The van der Waals surface area contributed by atoms with Gasteiger partial charge in [-0.25, -0.2) is 9.78 Å². The predicted molar refractivity (Wildman–Crippen MR) is 122 cm³/mol. The molecule has 0 unspecified atom stereocenters. The van der Waals surface area contributed by atoms with E-state index < -0.39 is 5.97 Å². The highest BCUT2D eigenvalue weighted by molar-refractivity contribution is 5.91. The highest BCUT2D eigenvalue weighted by atomic mass is 16.6. The van der Waals surface area contributed by atoms with E-state index >= 15 is 0 Å². The number of benzene rings is 2. The zero-order valence-corrected chi connectivity index (χ0v) is 17.9. The molecule has 0 saturated heterocycles. The van der Waals surface area contributed by atoms with Crippen LogP contribution in [0, 0.1) is 11.8 Å². The van der Waals surface area contributed by atoms with Gasteiger partial charge < -0.3 is 19.8 Å². The summed E-state index contributed by atoms with van der Waals surface area (Å²) in [6, 6.07) is 17.2. The molecule has 4 aromatic rings. The first kappa shape index (κ1) is 23.1. The van der Waals surface area contributed by atoms with Crippen molar-refractivity contribution in [1.29, 1.82) is 0 Å². The van der Waals surface area contributed by atoms with Crippen LogP contribution in [0.15, 0.2) is 72.3 Å². The summed E-state index contributed by atoms with van der Waals surface area (Å²) in [6.45, 7) is 2.07. The molecule has 2 aromatic heterocycles. The first-order chi connectivity index (χ1) is 16.0. The van der Waals surface area contributed by atoms with Crippen molar-refractivity contribution >= 4 is 16.9 Å². The Hall–Kier alpha value is -4.53. The maximum absolute atomic E-state index is 11.7. The molecule has 0 aliphatic carbocycles. The minimum absolute atomic E-state index is 0.104. The zero-order valence-electron chi connectivity index (χ0n) is 17.9. The number of hydrogen-bond acceptors (Lipinski definition) is 7. The summed E-state index contributed by atoms with van der Waals surface area (Å²) in [5, 5.41) is 18.5. The van der Waals surface area contributed by atoms with E-state index in [4.69, 9.17) is 19.6 Å². The number of ether oxygens (including phenoxy) is 2. The van der Waals surface area contributed by atoms with E-state index in [1.807, 2.05) is 61.5 Å². The molecular formula is C24H21N3O6. The fourth-order valence-electron chi connectivity index (χ4n) is 3.32. The molecule has 4 rings (SSSR count). The SMILES string of the molecule is COc1ccc(COc2c(C(=O)O)ncc(-c3ccc4ncccc4c3)c2C)cc1.O=NO. The smallest absolute Gasteiger partial charge is 0.358 e. The molecule has 0 aliphatic heterocycles. The first-order valence-electron chi connectivity index (χ1n) is 9.79. The summed E-state index contributed by atoms with van der Waals surface area (Å²) >= 11 is 0. The van der Waals surface area contributed by atoms with Crippen molar-refractivity contribution in [3.63, 3.8) is 0 Å². The van der Waals surface area contributed by atoms with Crippen molar-refractivity contribution in [3.05, 3.63) is 88.7 Å². The van der Waals surface area contributed by atoms with E-state index in [1.165, 1.54) is 5.34 Å². The van der Waals surface area contributed by atoms with Crippen LogP contribution in [0.5, 0.6) is 11.5 Å². The Labute approximate surface area is 189 Å². The van der Waals surface area contributed by atoms with Crippen LogP contribution in [0.3, 0.4) is 0 Å². The van der Waals surface area contributed by atoms with Crippen LogP contribution in [0.25, 0.3) is 22.0 Å².